The lowest BCUT2D eigenvalue weighted by Crippen LogP contribution is -1.89. The predicted octanol–water partition coefficient (Wildman–Crippen LogP) is 3.18. The topological polar surface area (TPSA) is 9.23 Å². The van der Waals surface area contributed by atoms with Crippen LogP contribution in [0.25, 0.3) is 0 Å². The van der Waals surface area contributed by atoms with Crippen LogP contribution in [0.2, 0.25) is 0 Å². The Morgan fingerprint density at radius 3 is 2.75 bits per heavy atom. The number of hydrogen-bond donors (Lipinski definition) is 0. The van der Waals surface area contributed by atoms with Crippen LogP contribution in [0.5, 0.6) is 5.75 Å². The zero-order valence-corrected chi connectivity index (χ0v) is 7.50. The lowest BCUT2D eigenvalue weighted by molar-refractivity contribution is 0.425. The summed E-state index contributed by atoms with van der Waals surface area (Å²) < 4.78 is 5.50. The second-order valence-electron chi connectivity index (χ2n) is 2.56. The van der Waals surface area contributed by atoms with Gasteiger partial charge in [0, 0.05) is 0 Å². The minimum atomic E-state index is 0.871. The van der Waals surface area contributed by atoms with E-state index in [9.17, 15) is 0 Å². The molecular weight excluding hydrogens is 148 g/mol. The molecule has 0 aliphatic rings. The maximum Gasteiger partial charge on any atom is 0.126 e. The second kappa shape index (κ2) is 4.60. The third kappa shape index (κ3) is 2.79. The highest BCUT2D eigenvalue weighted by Crippen LogP contribution is 2.11. The first-order chi connectivity index (χ1) is 5.83. The van der Waals surface area contributed by atoms with Crippen molar-refractivity contribution >= 4 is 0 Å². The minimum Gasteiger partial charge on any atom is -0.462 e. The van der Waals surface area contributed by atoms with Gasteiger partial charge in [-0.2, -0.15) is 0 Å². The van der Waals surface area contributed by atoms with Crippen molar-refractivity contribution in [2.45, 2.75) is 20.3 Å². The lowest BCUT2D eigenvalue weighted by Gasteiger charge is -2.03. The maximum atomic E-state index is 5.50. The van der Waals surface area contributed by atoms with E-state index in [-0.39, 0.29) is 0 Å². The van der Waals surface area contributed by atoms with Gasteiger partial charge in [-0.25, -0.2) is 0 Å². The molecule has 0 bridgehead atoms. The number of hydrogen-bond acceptors (Lipinski definition) is 1. The summed E-state index contributed by atoms with van der Waals surface area (Å²) in [5.74, 6) is 1.82. The fraction of sp³-hybridized carbons (Fsp3) is 0.273. The van der Waals surface area contributed by atoms with Gasteiger partial charge < -0.3 is 4.74 Å². The van der Waals surface area contributed by atoms with Crippen LogP contribution in [-0.4, -0.2) is 0 Å². The molecule has 0 saturated heterocycles. The van der Waals surface area contributed by atoms with Crippen LogP contribution in [0.15, 0.2) is 36.1 Å². The Morgan fingerprint density at radius 2 is 2.17 bits per heavy atom. The van der Waals surface area contributed by atoms with Gasteiger partial charge in [0.25, 0.3) is 0 Å². The Hall–Kier alpha value is -1.24. The van der Waals surface area contributed by atoms with Crippen molar-refractivity contribution in [3.05, 3.63) is 42.2 Å². The molecule has 0 atom stereocenters. The molecule has 0 aliphatic carbocycles. The number of rotatable bonds is 3. The normalized spacial score (nSPS) is 11.3. The Balaban J connectivity index is 2.58. The number of benzene rings is 1. The molecule has 0 unspecified atom stereocenters. The molecule has 1 heteroatoms. The second-order valence-corrected chi connectivity index (χ2v) is 2.56. The summed E-state index contributed by atoms with van der Waals surface area (Å²) in [6.45, 7) is 4.05. The van der Waals surface area contributed by atoms with E-state index in [1.807, 2.05) is 31.2 Å². The van der Waals surface area contributed by atoms with Crippen molar-refractivity contribution in [1.82, 2.24) is 0 Å². The first-order valence-corrected chi connectivity index (χ1v) is 4.13. The zero-order chi connectivity index (χ0) is 8.81. The van der Waals surface area contributed by atoms with E-state index < -0.39 is 0 Å². The van der Waals surface area contributed by atoms with Gasteiger partial charge in [0.1, 0.15) is 5.75 Å². The predicted molar refractivity (Wildman–Crippen MR) is 50.0 cm³/mol. The van der Waals surface area contributed by atoms with Crippen LogP contribution >= 0.6 is 0 Å². The molecule has 0 N–H and O–H groups in total. The Labute approximate surface area is 73.7 Å². The largest absolute Gasteiger partial charge is 0.462 e. The van der Waals surface area contributed by atoms with E-state index in [0.29, 0.717) is 0 Å². The highest BCUT2D eigenvalue weighted by molar-refractivity contribution is 5.22. The van der Waals surface area contributed by atoms with Crippen LogP contribution in [0.3, 0.4) is 0 Å². The van der Waals surface area contributed by atoms with Gasteiger partial charge in [-0.3, -0.25) is 0 Å². The molecule has 1 radical (unpaired) electrons. The van der Waals surface area contributed by atoms with E-state index in [0.717, 1.165) is 17.9 Å². The molecule has 1 nitrogen and oxygen atoms in total. The van der Waals surface area contributed by atoms with E-state index >= 15 is 0 Å². The quantitative estimate of drug-likeness (QED) is 0.619. The summed E-state index contributed by atoms with van der Waals surface area (Å²) in [4.78, 5) is 0. The first kappa shape index (κ1) is 8.85. The zero-order valence-electron chi connectivity index (χ0n) is 7.50. The molecule has 0 aromatic heterocycles. The highest BCUT2D eigenvalue weighted by atomic mass is 16.5. The Kier molecular flexibility index (Phi) is 3.39. The molecule has 12 heavy (non-hydrogen) atoms. The summed E-state index contributed by atoms with van der Waals surface area (Å²) in [5, 5.41) is 0. The fourth-order valence-corrected chi connectivity index (χ4v) is 0.955. The SMILES string of the molecule is CCC=C(C)Oc1cc[c]cc1. The number of allylic oxidation sites excluding steroid dienone is 2. The smallest absolute Gasteiger partial charge is 0.126 e. The third-order valence-corrected chi connectivity index (χ3v) is 1.46. The van der Waals surface area contributed by atoms with Gasteiger partial charge in [-0.15, -0.1) is 0 Å². The van der Waals surface area contributed by atoms with E-state index in [1.54, 1.807) is 0 Å². The van der Waals surface area contributed by atoms with Crippen molar-refractivity contribution < 1.29 is 4.74 Å². The summed E-state index contributed by atoms with van der Waals surface area (Å²) in [7, 11) is 0. The van der Waals surface area contributed by atoms with Crippen LogP contribution in [-0.2, 0) is 0 Å². The van der Waals surface area contributed by atoms with Crippen molar-refractivity contribution in [3.8, 4) is 5.75 Å². The molecule has 1 aromatic rings. The van der Waals surface area contributed by atoms with Crippen LogP contribution in [0.4, 0.5) is 0 Å². The van der Waals surface area contributed by atoms with E-state index in [2.05, 4.69) is 19.1 Å². The summed E-state index contributed by atoms with van der Waals surface area (Å²) in [5.41, 5.74) is 0. The molecule has 0 spiro atoms. The van der Waals surface area contributed by atoms with Crippen molar-refractivity contribution in [2.75, 3.05) is 0 Å². The van der Waals surface area contributed by atoms with Crippen molar-refractivity contribution in [2.24, 2.45) is 0 Å². The molecule has 0 saturated carbocycles. The Bertz CT molecular complexity index is 249. The average molecular weight is 161 g/mol. The lowest BCUT2D eigenvalue weighted by atomic mass is 10.3. The van der Waals surface area contributed by atoms with Gasteiger partial charge in [-0.1, -0.05) is 19.1 Å². The molecule has 1 aromatic carbocycles. The maximum absolute atomic E-state index is 5.50. The monoisotopic (exact) mass is 161 g/mol. The molecule has 0 amide bonds. The summed E-state index contributed by atoms with van der Waals surface area (Å²) in [6, 6.07) is 10.4. The van der Waals surface area contributed by atoms with Crippen LogP contribution < -0.4 is 4.74 Å². The standard InChI is InChI=1S/C11H13O/c1-3-7-10(2)12-11-8-5-4-6-9-11/h5-9H,3H2,1-2H3. The molecule has 1 rings (SSSR count). The first-order valence-electron chi connectivity index (χ1n) is 4.13. The molecule has 0 aliphatic heterocycles. The van der Waals surface area contributed by atoms with Crippen molar-refractivity contribution in [1.29, 1.82) is 0 Å². The van der Waals surface area contributed by atoms with E-state index in [1.165, 1.54) is 0 Å². The Morgan fingerprint density at radius 1 is 1.50 bits per heavy atom. The van der Waals surface area contributed by atoms with Gasteiger partial charge in [0.15, 0.2) is 0 Å². The van der Waals surface area contributed by atoms with Crippen molar-refractivity contribution in [3.63, 3.8) is 0 Å². The van der Waals surface area contributed by atoms with Crippen LogP contribution in [0.1, 0.15) is 20.3 Å². The third-order valence-electron chi connectivity index (χ3n) is 1.46. The van der Waals surface area contributed by atoms with Gasteiger partial charge >= 0.3 is 0 Å². The highest BCUT2D eigenvalue weighted by Gasteiger charge is 1.91. The minimum absolute atomic E-state index is 0.871. The summed E-state index contributed by atoms with van der Waals surface area (Å²) >= 11 is 0. The molecule has 63 valence electrons. The molecular formula is C11H13O. The van der Waals surface area contributed by atoms with Gasteiger partial charge in [0.05, 0.1) is 5.76 Å². The van der Waals surface area contributed by atoms with Gasteiger partial charge in [0.2, 0.25) is 0 Å². The van der Waals surface area contributed by atoms with Crippen LogP contribution in [0, 0.1) is 6.07 Å². The number of ether oxygens (including phenoxy) is 1. The average Bonchev–Trinajstić information content (AvgIpc) is 2.06. The molecule has 0 heterocycles. The molecule has 0 fully saturated rings. The van der Waals surface area contributed by atoms with Gasteiger partial charge in [-0.05, 0) is 37.6 Å². The summed E-state index contributed by atoms with van der Waals surface area (Å²) in [6.07, 6.45) is 3.06. The fourth-order valence-electron chi connectivity index (χ4n) is 0.955. The van der Waals surface area contributed by atoms with E-state index in [4.69, 9.17) is 4.74 Å².